The highest BCUT2D eigenvalue weighted by atomic mass is 127. The normalized spacial score (nSPS) is 10.9. The zero-order valence-electron chi connectivity index (χ0n) is 23.1. The lowest BCUT2D eigenvalue weighted by atomic mass is 10.1. The zero-order valence-corrected chi connectivity index (χ0v) is 26.1. The van der Waals surface area contributed by atoms with Gasteiger partial charge in [0.25, 0.3) is 5.91 Å². The number of aryl methyl sites for hydroxylation is 1. The first kappa shape index (κ1) is 29.3. The van der Waals surface area contributed by atoms with Gasteiger partial charge in [-0.1, -0.05) is 42.0 Å². The molecular weight excluding hydrogens is 659 g/mol. The van der Waals surface area contributed by atoms with Crippen molar-refractivity contribution in [2.24, 2.45) is 5.10 Å². The number of nitrogens with zero attached hydrogens (tertiary/aromatic N) is 2. The number of anilines is 2. The van der Waals surface area contributed by atoms with Gasteiger partial charge in [0.1, 0.15) is 6.61 Å². The second-order valence-corrected chi connectivity index (χ2v) is 11.5. The average Bonchev–Trinajstić information content (AvgIpc) is 3.47. The van der Waals surface area contributed by atoms with Crippen LogP contribution in [0.25, 0.3) is 11.3 Å². The lowest BCUT2D eigenvalue weighted by Crippen LogP contribution is -2.17. The first-order chi connectivity index (χ1) is 20.5. The van der Waals surface area contributed by atoms with E-state index in [0.717, 1.165) is 33.2 Å². The molecule has 5 aromatic rings. The summed E-state index contributed by atoms with van der Waals surface area (Å²) in [4.78, 5) is 17.4. The smallest absolute Gasteiger partial charge is 0.271 e. The number of hydrazone groups is 1. The molecule has 1 aromatic heterocycles. The fraction of sp³-hybridized carbons (Fsp3) is 0.121. The standard InChI is InChI=1S/C33H29IN4O3S/c1-3-40-31-18-24(8-17-30(31)41-20-23-6-13-27(34)14-7-23)19-35-38-32(39)26-11-9-25(10-12-26)29-21-42-33(37-29)36-28-15-4-22(2)5-16-28/h4-19,21H,3,20H2,1-2H3,(H,36,37)(H,38,39)/b35-19-. The van der Waals surface area contributed by atoms with Crippen molar-refractivity contribution in [3.63, 3.8) is 0 Å². The van der Waals surface area contributed by atoms with Crippen molar-refractivity contribution in [3.8, 4) is 22.8 Å². The van der Waals surface area contributed by atoms with Crippen LogP contribution in [-0.2, 0) is 6.61 Å². The molecule has 7 nitrogen and oxygen atoms in total. The van der Waals surface area contributed by atoms with E-state index in [2.05, 4.69) is 62.5 Å². The van der Waals surface area contributed by atoms with E-state index in [1.54, 1.807) is 18.3 Å². The highest BCUT2D eigenvalue weighted by Gasteiger charge is 2.10. The number of rotatable bonds is 11. The van der Waals surface area contributed by atoms with Crippen molar-refractivity contribution < 1.29 is 14.3 Å². The Kier molecular flexibility index (Phi) is 9.83. The van der Waals surface area contributed by atoms with Crippen LogP contribution in [0.4, 0.5) is 10.8 Å². The molecule has 0 bridgehead atoms. The maximum atomic E-state index is 12.7. The minimum atomic E-state index is -0.305. The Bertz CT molecular complexity index is 1670. The summed E-state index contributed by atoms with van der Waals surface area (Å²) in [5, 5.41) is 10.3. The SMILES string of the molecule is CCOc1cc(/C=N\NC(=O)c2ccc(-c3csc(Nc4ccc(C)cc4)n3)cc2)ccc1OCc1ccc(I)cc1. The third-order valence-corrected chi connectivity index (χ3v) is 7.68. The Labute approximate surface area is 262 Å². The van der Waals surface area contributed by atoms with Crippen LogP contribution in [-0.4, -0.2) is 23.7 Å². The summed E-state index contributed by atoms with van der Waals surface area (Å²) in [6.07, 6.45) is 1.58. The molecule has 0 radical (unpaired) electrons. The average molecular weight is 689 g/mol. The predicted molar refractivity (Wildman–Crippen MR) is 178 cm³/mol. The first-order valence-electron chi connectivity index (χ1n) is 13.3. The number of thiazole rings is 1. The van der Waals surface area contributed by atoms with E-state index < -0.39 is 0 Å². The highest BCUT2D eigenvalue weighted by Crippen LogP contribution is 2.29. The molecule has 0 saturated carbocycles. The number of ether oxygens (including phenoxy) is 2. The van der Waals surface area contributed by atoms with Crippen molar-refractivity contribution in [3.05, 3.63) is 122 Å². The summed E-state index contributed by atoms with van der Waals surface area (Å²) < 4.78 is 13.0. The third kappa shape index (κ3) is 7.95. The van der Waals surface area contributed by atoms with Crippen molar-refractivity contribution in [2.75, 3.05) is 11.9 Å². The predicted octanol–water partition coefficient (Wildman–Crippen LogP) is 8.21. The van der Waals surface area contributed by atoms with Crippen molar-refractivity contribution in [1.82, 2.24) is 10.4 Å². The maximum absolute atomic E-state index is 12.7. The van der Waals surface area contributed by atoms with E-state index in [0.29, 0.717) is 30.3 Å². The molecule has 0 unspecified atom stereocenters. The van der Waals surface area contributed by atoms with E-state index in [-0.39, 0.29) is 5.91 Å². The van der Waals surface area contributed by atoms with Gasteiger partial charge in [-0.3, -0.25) is 4.79 Å². The van der Waals surface area contributed by atoms with Gasteiger partial charge in [0.2, 0.25) is 0 Å². The molecule has 0 fully saturated rings. The zero-order chi connectivity index (χ0) is 29.3. The molecule has 212 valence electrons. The summed E-state index contributed by atoms with van der Waals surface area (Å²) >= 11 is 3.81. The topological polar surface area (TPSA) is 84.8 Å². The first-order valence-corrected chi connectivity index (χ1v) is 15.3. The number of hydrogen-bond donors (Lipinski definition) is 2. The Hall–Kier alpha value is -4.22. The van der Waals surface area contributed by atoms with E-state index in [9.17, 15) is 4.79 Å². The number of aromatic nitrogens is 1. The molecule has 42 heavy (non-hydrogen) atoms. The van der Waals surface area contributed by atoms with Gasteiger partial charge in [-0.2, -0.15) is 5.10 Å². The Morgan fingerprint density at radius 2 is 1.71 bits per heavy atom. The van der Waals surface area contributed by atoms with Gasteiger partial charge in [0.15, 0.2) is 16.6 Å². The molecule has 9 heteroatoms. The van der Waals surface area contributed by atoms with Crippen LogP contribution in [0.2, 0.25) is 0 Å². The molecule has 4 aromatic carbocycles. The summed E-state index contributed by atoms with van der Waals surface area (Å²) in [6.45, 7) is 4.92. The number of hydrogen-bond acceptors (Lipinski definition) is 7. The van der Waals surface area contributed by atoms with Crippen LogP contribution in [0.1, 0.15) is 34.0 Å². The lowest BCUT2D eigenvalue weighted by Gasteiger charge is -2.12. The molecule has 1 heterocycles. The number of carbonyl (C=O) groups excluding carboxylic acids is 1. The second kappa shape index (κ2) is 14.1. The van der Waals surface area contributed by atoms with Gasteiger partial charge in [0.05, 0.1) is 18.5 Å². The van der Waals surface area contributed by atoms with E-state index in [4.69, 9.17) is 9.47 Å². The number of amides is 1. The third-order valence-electron chi connectivity index (χ3n) is 6.20. The molecule has 0 atom stereocenters. The quantitative estimate of drug-likeness (QED) is 0.0831. The van der Waals surface area contributed by atoms with Crippen LogP contribution in [0.3, 0.4) is 0 Å². The molecule has 0 aliphatic rings. The fourth-order valence-corrected chi connectivity index (χ4v) is 5.08. The van der Waals surface area contributed by atoms with Gasteiger partial charge in [-0.15, -0.1) is 11.3 Å². The summed E-state index contributed by atoms with van der Waals surface area (Å²) in [7, 11) is 0. The molecule has 2 N–H and O–H groups in total. The lowest BCUT2D eigenvalue weighted by molar-refractivity contribution is 0.0955. The van der Waals surface area contributed by atoms with E-state index in [1.807, 2.05) is 79.0 Å². The highest BCUT2D eigenvalue weighted by molar-refractivity contribution is 14.1. The van der Waals surface area contributed by atoms with Gasteiger partial charge in [-0.25, -0.2) is 10.4 Å². The fourth-order valence-electron chi connectivity index (χ4n) is 3.98. The molecular formula is C33H29IN4O3S. The van der Waals surface area contributed by atoms with Crippen LogP contribution in [0, 0.1) is 10.5 Å². The Balaban J connectivity index is 1.17. The van der Waals surface area contributed by atoms with Crippen molar-refractivity contribution in [2.45, 2.75) is 20.5 Å². The van der Waals surface area contributed by atoms with Gasteiger partial charge >= 0.3 is 0 Å². The summed E-state index contributed by atoms with van der Waals surface area (Å²) in [5.41, 5.74) is 8.91. The summed E-state index contributed by atoms with van der Waals surface area (Å²) in [5.74, 6) is 0.961. The van der Waals surface area contributed by atoms with Gasteiger partial charge in [0, 0.05) is 25.8 Å². The molecule has 0 aliphatic heterocycles. The number of benzene rings is 4. The second-order valence-electron chi connectivity index (χ2n) is 9.36. The minimum Gasteiger partial charge on any atom is -0.490 e. The van der Waals surface area contributed by atoms with Crippen LogP contribution in [0.5, 0.6) is 11.5 Å². The minimum absolute atomic E-state index is 0.305. The Morgan fingerprint density at radius 3 is 2.45 bits per heavy atom. The van der Waals surface area contributed by atoms with Crippen LogP contribution >= 0.6 is 33.9 Å². The summed E-state index contributed by atoms with van der Waals surface area (Å²) in [6, 6.07) is 29.2. The maximum Gasteiger partial charge on any atom is 0.271 e. The van der Waals surface area contributed by atoms with Crippen molar-refractivity contribution in [1.29, 1.82) is 0 Å². The van der Waals surface area contributed by atoms with Gasteiger partial charge in [-0.05, 0) is 102 Å². The largest absolute Gasteiger partial charge is 0.490 e. The van der Waals surface area contributed by atoms with Gasteiger partial charge < -0.3 is 14.8 Å². The molecule has 0 aliphatic carbocycles. The number of halogens is 1. The molecule has 0 saturated heterocycles. The molecule has 0 spiro atoms. The Morgan fingerprint density at radius 1 is 0.952 bits per heavy atom. The molecule has 1 amide bonds. The van der Waals surface area contributed by atoms with E-state index >= 15 is 0 Å². The van der Waals surface area contributed by atoms with Crippen LogP contribution < -0.4 is 20.2 Å². The van der Waals surface area contributed by atoms with Crippen molar-refractivity contribution >= 4 is 56.9 Å². The monoisotopic (exact) mass is 688 g/mol. The number of carbonyl (C=O) groups is 1. The van der Waals surface area contributed by atoms with E-state index in [1.165, 1.54) is 20.5 Å². The number of nitrogens with one attached hydrogen (secondary N) is 2. The van der Waals surface area contributed by atoms with Crippen LogP contribution in [0.15, 0.2) is 101 Å². The molecule has 5 rings (SSSR count).